The quantitative estimate of drug-likeness (QED) is 0.555. The van der Waals surface area contributed by atoms with Crippen molar-refractivity contribution in [3.05, 3.63) is 58.3 Å². The van der Waals surface area contributed by atoms with E-state index in [1.165, 1.54) is 14.2 Å². The summed E-state index contributed by atoms with van der Waals surface area (Å²) in [7, 11) is 2.89. The van der Waals surface area contributed by atoms with Crippen LogP contribution in [0, 0.1) is 13.8 Å². The van der Waals surface area contributed by atoms with Crippen molar-refractivity contribution in [2.75, 3.05) is 20.8 Å². The number of amides is 1. The molecule has 0 aliphatic carbocycles. The monoisotopic (exact) mass is 410 g/mol. The Morgan fingerprint density at radius 3 is 2.33 bits per heavy atom. The predicted molar refractivity (Wildman–Crippen MR) is 111 cm³/mol. The minimum atomic E-state index is -0.632. The lowest BCUT2D eigenvalue weighted by atomic mass is 10.1. The molecule has 3 rings (SSSR count). The van der Waals surface area contributed by atoms with Gasteiger partial charge in [-0.25, -0.2) is 9.79 Å². The summed E-state index contributed by atoms with van der Waals surface area (Å²) in [5.41, 5.74) is 8.78. The van der Waals surface area contributed by atoms with Crippen LogP contribution in [0.3, 0.4) is 0 Å². The maximum Gasteiger partial charge on any atom is 0.363 e. The molecule has 0 radical (unpaired) electrons. The van der Waals surface area contributed by atoms with Crippen LogP contribution >= 0.6 is 0 Å². The van der Waals surface area contributed by atoms with Crippen LogP contribution in [0.1, 0.15) is 22.3 Å². The number of esters is 1. The maximum atomic E-state index is 12.3. The van der Waals surface area contributed by atoms with Gasteiger partial charge in [0.25, 0.3) is 5.91 Å². The number of primary amides is 1. The van der Waals surface area contributed by atoms with Gasteiger partial charge in [0.05, 0.1) is 14.2 Å². The highest BCUT2D eigenvalue weighted by atomic mass is 16.6. The molecule has 1 amide bonds. The summed E-state index contributed by atoms with van der Waals surface area (Å²) in [6, 6.07) is 8.98. The van der Waals surface area contributed by atoms with Crippen molar-refractivity contribution in [2.45, 2.75) is 13.8 Å². The van der Waals surface area contributed by atoms with Crippen molar-refractivity contribution in [1.82, 2.24) is 0 Å². The average molecular weight is 410 g/mol. The van der Waals surface area contributed by atoms with Crippen molar-refractivity contribution in [3.8, 4) is 17.2 Å². The molecule has 1 aliphatic heterocycles. The Balaban J connectivity index is 1.96. The Kier molecular flexibility index (Phi) is 6.06. The van der Waals surface area contributed by atoms with Gasteiger partial charge in [-0.15, -0.1) is 0 Å². The third kappa shape index (κ3) is 4.43. The molecule has 0 atom stereocenters. The molecule has 0 saturated carbocycles. The number of cyclic esters (lactones) is 1. The fourth-order valence-electron chi connectivity index (χ4n) is 2.83. The molecule has 156 valence electrons. The molecular weight excluding hydrogens is 388 g/mol. The first-order chi connectivity index (χ1) is 14.3. The van der Waals surface area contributed by atoms with Gasteiger partial charge in [-0.05, 0) is 60.9 Å². The summed E-state index contributed by atoms with van der Waals surface area (Å²) >= 11 is 0. The highest BCUT2D eigenvalue weighted by Gasteiger charge is 2.25. The van der Waals surface area contributed by atoms with Crippen LogP contribution < -0.4 is 19.9 Å². The Labute approximate surface area is 173 Å². The second-order valence-electron chi connectivity index (χ2n) is 6.64. The molecule has 0 saturated heterocycles. The molecular formula is C22H22N2O6. The zero-order valence-electron chi connectivity index (χ0n) is 17.1. The molecule has 0 fully saturated rings. The Hall–Kier alpha value is -3.81. The fraction of sp³-hybridized carbons (Fsp3) is 0.227. The summed E-state index contributed by atoms with van der Waals surface area (Å²) in [4.78, 5) is 27.7. The number of hydrogen-bond acceptors (Lipinski definition) is 7. The van der Waals surface area contributed by atoms with Crippen LogP contribution in [-0.2, 0) is 14.3 Å². The molecule has 0 bridgehead atoms. The number of aryl methyl sites for hydroxylation is 2. The van der Waals surface area contributed by atoms with Crippen molar-refractivity contribution >= 4 is 23.9 Å². The van der Waals surface area contributed by atoms with Gasteiger partial charge in [-0.1, -0.05) is 6.07 Å². The van der Waals surface area contributed by atoms with E-state index in [0.29, 0.717) is 17.1 Å². The van der Waals surface area contributed by atoms with E-state index in [0.717, 1.165) is 16.7 Å². The number of carbonyl (C=O) groups excluding carboxylic acids is 2. The van der Waals surface area contributed by atoms with E-state index in [-0.39, 0.29) is 24.0 Å². The van der Waals surface area contributed by atoms with E-state index in [1.54, 1.807) is 18.2 Å². The highest BCUT2D eigenvalue weighted by Crippen LogP contribution is 2.39. The van der Waals surface area contributed by atoms with E-state index < -0.39 is 11.9 Å². The summed E-state index contributed by atoms with van der Waals surface area (Å²) in [5, 5.41) is 0. The van der Waals surface area contributed by atoms with Crippen LogP contribution in [0.25, 0.3) is 6.08 Å². The number of nitrogens with zero attached hydrogens (tertiary/aromatic N) is 1. The number of carbonyl (C=O) groups is 2. The number of methoxy groups -OCH3 is 2. The molecule has 1 aliphatic rings. The van der Waals surface area contributed by atoms with Gasteiger partial charge < -0.3 is 24.7 Å². The average Bonchev–Trinajstić information content (AvgIpc) is 3.08. The van der Waals surface area contributed by atoms with Crippen LogP contribution in [0.5, 0.6) is 17.2 Å². The van der Waals surface area contributed by atoms with E-state index >= 15 is 0 Å². The van der Waals surface area contributed by atoms with Crippen molar-refractivity contribution in [2.24, 2.45) is 10.7 Å². The molecule has 2 aromatic carbocycles. The standard InChI is InChI=1S/C22H22N2O6/c1-12-5-6-15(7-13(12)2)21-24-16(22(26)30-21)8-14-9-17(27-3)20(18(10-14)28-4)29-11-19(23)25/h5-10H,11H2,1-4H3,(H2,23,25)/b16-8-. The van der Waals surface area contributed by atoms with Crippen LogP contribution in [0.15, 0.2) is 41.0 Å². The van der Waals surface area contributed by atoms with E-state index in [9.17, 15) is 9.59 Å². The summed E-state index contributed by atoms with van der Waals surface area (Å²) < 4.78 is 21.4. The summed E-state index contributed by atoms with van der Waals surface area (Å²) in [6.07, 6.45) is 1.55. The van der Waals surface area contributed by atoms with Gasteiger partial charge in [0.15, 0.2) is 23.8 Å². The summed E-state index contributed by atoms with van der Waals surface area (Å²) in [6.45, 7) is 3.65. The SMILES string of the molecule is COc1cc(/C=C2\N=C(c3ccc(C)c(C)c3)OC2=O)cc(OC)c1OCC(N)=O. The molecule has 30 heavy (non-hydrogen) atoms. The Bertz CT molecular complexity index is 1050. The molecule has 2 aromatic rings. The second-order valence-corrected chi connectivity index (χ2v) is 6.64. The number of aliphatic imine (C=N–C) groups is 1. The largest absolute Gasteiger partial charge is 0.493 e. The number of nitrogens with two attached hydrogens (primary N) is 1. The van der Waals surface area contributed by atoms with Gasteiger partial charge in [0.2, 0.25) is 11.6 Å². The van der Waals surface area contributed by atoms with E-state index in [1.807, 2.05) is 32.0 Å². The smallest absolute Gasteiger partial charge is 0.363 e. The van der Waals surface area contributed by atoms with Gasteiger partial charge in [0, 0.05) is 5.56 Å². The number of hydrogen-bond donors (Lipinski definition) is 1. The maximum absolute atomic E-state index is 12.3. The molecule has 2 N–H and O–H groups in total. The number of benzene rings is 2. The zero-order chi connectivity index (χ0) is 21.8. The van der Waals surface area contributed by atoms with Crippen LogP contribution in [0.4, 0.5) is 0 Å². The molecule has 8 nitrogen and oxygen atoms in total. The van der Waals surface area contributed by atoms with Crippen LogP contribution in [0.2, 0.25) is 0 Å². The van der Waals surface area contributed by atoms with Crippen molar-refractivity contribution in [1.29, 1.82) is 0 Å². The second kappa shape index (κ2) is 8.69. The first kappa shape index (κ1) is 20.9. The minimum absolute atomic E-state index is 0.137. The highest BCUT2D eigenvalue weighted by molar-refractivity contribution is 6.13. The molecule has 0 spiro atoms. The van der Waals surface area contributed by atoms with Crippen molar-refractivity contribution < 1.29 is 28.5 Å². The van der Waals surface area contributed by atoms with E-state index in [4.69, 9.17) is 24.7 Å². The Morgan fingerprint density at radius 1 is 1.10 bits per heavy atom. The van der Waals surface area contributed by atoms with Crippen molar-refractivity contribution in [3.63, 3.8) is 0 Å². The van der Waals surface area contributed by atoms with Gasteiger partial charge >= 0.3 is 5.97 Å². The molecule has 0 unspecified atom stereocenters. The number of ether oxygens (including phenoxy) is 4. The number of rotatable bonds is 7. The minimum Gasteiger partial charge on any atom is -0.493 e. The normalized spacial score (nSPS) is 14.3. The van der Waals surface area contributed by atoms with Crippen LogP contribution in [-0.4, -0.2) is 38.6 Å². The van der Waals surface area contributed by atoms with Gasteiger partial charge in [-0.3, -0.25) is 4.79 Å². The first-order valence-electron chi connectivity index (χ1n) is 9.09. The fourth-order valence-corrected chi connectivity index (χ4v) is 2.83. The summed E-state index contributed by atoms with van der Waals surface area (Å²) in [5.74, 6) is -0.0919. The van der Waals surface area contributed by atoms with E-state index in [2.05, 4.69) is 4.99 Å². The third-order valence-electron chi connectivity index (χ3n) is 4.52. The Morgan fingerprint density at radius 2 is 1.77 bits per heavy atom. The third-order valence-corrected chi connectivity index (χ3v) is 4.52. The lowest BCUT2D eigenvalue weighted by Crippen LogP contribution is -2.20. The zero-order valence-corrected chi connectivity index (χ0v) is 17.1. The molecule has 1 heterocycles. The lowest BCUT2D eigenvalue weighted by molar-refractivity contribution is -0.130. The van der Waals surface area contributed by atoms with Gasteiger partial charge in [0.1, 0.15) is 0 Å². The predicted octanol–water partition coefficient (Wildman–Crippen LogP) is 2.53. The molecule has 0 aromatic heterocycles. The lowest BCUT2D eigenvalue weighted by Gasteiger charge is -2.14. The topological polar surface area (TPSA) is 109 Å². The molecule has 8 heteroatoms. The van der Waals surface area contributed by atoms with Gasteiger partial charge in [-0.2, -0.15) is 0 Å². The first-order valence-corrected chi connectivity index (χ1v) is 9.09.